The highest BCUT2D eigenvalue weighted by Crippen LogP contribution is 2.30. The van der Waals surface area contributed by atoms with Crippen molar-refractivity contribution in [2.45, 2.75) is 50.6 Å². The van der Waals surface area contributed by atoms with Crippen molar-refractivity contribution in [2.75, 3.05) is 13.1 Å². The highest BCUT2D eigenvalue weighted by molar-refractivity contribution is 7.90. The first kappa shape index (κ1) is 31.5. The summed E-state index contributed by atoms with van der Waals surface area (Å²) >= 11 is 12.6. The number of hydrogen-bond acceptors (Lipinski definition) is 5. The van der Waals surface area contributed by atoms with Crippen LogP contribution in [0, 0.1) is 5.92 Å². The van der Waals surface area contributed by atoms with Gasteiger partial charge in [-0.3, -0.25) is 14.4 Å². The molecule has 1 aliphatic rings. The van der Waals surface area contributed by atoms with Crippen molar-refractivity contribution in [1.82, 2.24) is 14.5 Å². The van der Waals surface area contributed by atoms with Gasteiger partial charge < -0.3 is 10.2 Å². The number of carbonyl (C=O) groups is 3. The van der Waals surface area contributed by atoms with E-state index in [1.807, 2.05) is 44.2 Å². The third-order valence-corrected chi connectivity index (χ3v) is 9.40. The highest BCUT2D eigenvalue weighted by atomic mass is 35.5. The minimum Gasteiger partial charge on any atom is -0.354 e. The van der Waals surface area contributed by atoms with Crippen LogP contribution in [0.2, 0.25) is 10.0 Å². The van der Waals surface area contributed by atoms with Gasteiger partial charge in [0.1, 0.15) is 10.9 Å². The molecule has 3 aromatic carbocycles. The predicted octanol–water partition coefficient (Wildman–Crippen LogP) is 5.33. The molecule has 0 spiro atoms. The summed E-state index contributed by atoms with van der Waals surface area (Å²) < 4.78 is 26.7. The topological polar surface area (TPSA) is 104 Å². The lowest BCUT2D eigenvalue weighted by molar-refractivity contribution is -0.141. The van der Waals surface area contributed by atoms with E-state index in [0.29, 0.717) is 22.2 Å². The Morgan fingerprint density at radius 2 is 1.67 bits per heavy atom. The van der Waals surface area contributed by atoms with E-state index in [-0.39, 0.29) is 60.5 Å². The number of nitrogens with zero attached hydrogens (tertiary/aromatic N) is 2. The SMILES string of the molecule is CC(C)CNC(=O)C(Cc1ccccc1)N(Cc1ccc(Cl)cc1Cl)C(=O)CCCN1C(=O)c2ccccc2S1(=O)=O. The van der Waals surface area contributed by atoms with Crippen molar-refractivity contribution in [3.63, 3.8) is 0 Å². The number of halogens is 2. The third kappa shape index (κ3) is 7.32. The van der Waals surface area contributed by atoms with Crippen LogP contribution in [0.5, 0.6) is 0 Å². The van der Waals surface area contributed by atoms with Crippen LogP contribution in [0.4, 0.5) is 0 Å². The van der Waals surface area contributed by atoms with Gasteiger partial charge in [0.05, 0.1) is 5.56 Å². The van der Waals surface area contributed by atoms with Crippen LogP contribution >= 0.6 is 23.2 Å². The van der Waals surface area contributed by atoms with Gasteiger partial charge in [-0.1, -0.05) is 85.6 Å². The number of benzene rings is 3. The van der Waals surface area contributed by atoms with E-state index in [1.165, 1.54) is 17.0 Å². The van der Waals surface area contributed by atoms with E-state index in [4.69, 9.17) is 23.2 Å². The number of carbonyl (C=O) groups excluding carboxylic acids is 3. The Kier molecular flexibility index (Phi) is 10.3. The van der Waals surface area contributed by atoms with Gasteiger partial charge in [0.25, 0.3) is 15.9 Å². The number of rotatable bonds is 12. The molecule has 3 amide bonds. The maximum absolute atomic E-state index is 13.9. The van der Waals surface area contributed by atoms with Gasteiger partial charge >= 0.3 is 0 Å². The molecule has 1 heterocycles. The van der Waals surface area contributed by atoms with E-state index < -0.39 is 22.0 Å². The molecule has 3 aromatic rings. The Bertz CT molecular complexity index is 1560. The Labute approximate surface area is 256 Å². The highest BCUT2D eigenvalue weighted by Gasteiger charge is 2.40. The molecule has 42 heavy (non-hydrogen) atoms. The fraction of sp³-hybridized carbons (Fsp3) is 0.323. The second kappa shape index (κ2) is 13.7. The van der Waals surface area contributed by atoms with Crippen LogP contribution in [0.1, 0.15) is 48.2 Å². The quantitative estimate of drug-likeness (QED) is 0.292. The van der Waals surface area contributed by atoms with Crippen molar-refractivity contribution >= 4 is 50.9 Å². The zero-order valence-corrected chi connectivity index (χ0v) is 25.8. The molecule has 8 nitrogen and oxygen atoms in total. The predicted molar refractivity (Wildman–Crippen MR) is 163 cm³/mol. The van der Waals surface area contributed by atoms with Crippen molar-refractivity contribution < 1.29 is 22.8 Å². The zero-order valence-electron chi connectivity index (χ0n) is 23.4. The average molecular weight is 631 g/mol. The molecule has 1 unspecified atom stereocenters. The van der Waals surface area contributed by atoms with Crippen LogP contribution in [0.25, 0.3) is 0 Å². The Morgan fingerprint density at radius 1 is 0.976 bits per heavy atom. The molecule has 0 saturated heterocycles. The molecule has 0 saturated carbocycles. The van der Waals surface area contributed by atoms with Crippen molar-refractivity contribution in [3.05, 3.63) is 99.5 Å². The monoisotopic (exact) mass is 629 g/mol. The first-order valence-electron chi connectivity index (χ1n) is 13.7. The van der Waals surface area contributed by atoms with Crippen molar-refractivity contribution in [3.8, 4) is 0 Å². The van der Waals surface area contributed by atoms with Crippen molar-refractivity contribution in [2.24, 2.45) is 5.92 Å². The maximum Gasteiger partial charge on any atom is 0.269 e. The van der Waals surface area contributed by atoms with Crippen molar-refractivity contribution in [1.29, 1.82) is 0 Å². The molecule has 0 aliphatic carbocycles. The minimum absolute atomic E-state index is 0.0355. The number of hydrogen-bond donors (Lipinski definition) is 1. The molecule has 1 aliphatic heterocycles. The maximum atomic E-state index is 13.9. The molecule has 0 aromatic heterocycles. The van der Waals surface area contributed by atoms with Gasteiger partial charge in [0.15, 0.2) is 0 Å². The second-order valence-corrected chi connectivity index (χ2v) is 13.3. The third-order valence-electron chi connectivity index (χ3n) is 6.98. The van der Waals surface area contributed by atoms with Crippen LogP contribution in [0.15, 0.2) is 77.7 Å². The summed E-state index contributed by atoms with van der Waals surface area (Å²) in [4.78, 5) is 41.7. The van der Waals surface area contributed by atoms with Gasteiger partial charge in [-0.05, 0) is 47.7 Å². The summed E-state index contributed by atoms with van der Waals surface area (Å²) in [7, 11) is -3.99. The summed E-state index contributed by atoms with van der Waals surface area (Å²) in [6.45, 7) is 4.26. The normalized spacial score (nSPS) is 14.5. The lowest BCUT2D eigenvalue weighted by atomic mass is 10.0. The molecular weight excluding hydrogens is 597 g/mol. The molecule has 1 atom stereocenters. The van der Waals surface area contributed by atoms with E-state index in [0.717, 1.165) is 9.87 Å². The van der Waals surface area contributed by atoms with Gasteiger partial charge in [0, 0.05) is 42.5 Å². The van der Waals surface area contributed by atoms with E-state index in [9.17, 15) is 22.8 Å². The minimum atomic E-state index is -3.99. The number of nitrogens with one attached hydrogen (secondary N) is 1. The molecule has 0 radical (unpaired) electrons. The van der Waals surface area contributed by atoms with Crippen LogP contribution in [-0.2, 0) is 32.6 Å². The Balaban J connectivity index is 1.59. The first-order valence-corrected chi connectivity index (χ1v) is 15.9. The van der Waals surface area contributed by atoms with Gasteiger partial charge in [0.2, 0.25) is 11.8 Å². The number of sulfonamides is 1. The summed E-state index contributed by atoms with van der Waals surface area (Å²) in [5, 5.41) is 3.75. The number of fused-ring (bicyclic) bond motifs is 1. The largest absolute Gasteiger partial charge is 0.354 e. The standard InChI is InChI=1S/C31H33Cl2N3O5S/c1-21(2)19-34-30(38)27(17-22-9-4-3-5-10-22)35(20-23-14-15-24(32)18-26(23)33)29(37)13-8-16-36-31(39)25-11-6-7-12-28(25)42(36,40)41/h3-7,9-12,14-15,18,21,27H,8,13,16-17,19-20H2,1-2H3,(H,34,38). The van der Waals surface area contributed by atoms with Gasteiger partial charge in [-0.15, -0.1) is 0 Å². The molecule has 0 fully saturated rings. The van der Waals surface area contributed by atoms with E-state index in [2.05, 4.69) is 5.32 Å². The fourth-order valence-electron chi connectivity index (χ4n) is 4.78. The molecule has 4 rings (SSSR count). The van der Waals surface area contributed by atoms with Crippen LogP contribution in [0.3, 0.4) is 0 Å². The molecule has 1 N–H and O–H groups in total. The molecular formula is C31H33Cl2N3O5S. The second-order valence-electron chi connectivity index (χ2n) is 10.6. The van der Waals surface area contributed by atoms with E-state index in [1.54, 1.807) is 30.3 Å². The summed E-state index contributed by atoms with van der Waals surface area (Å²) in [6, 6.07) is 19.5. The molecule has 222 valence electrons. The summed E-state index contributed by atoms with van der Waals surface area (Å²) in [5.74, 6) is -1.09. The number of amides is 3. The molecule has 11 heteroatoms. The Hall–Kier alpha value is -3.40. The van der Waals surface area contributed by atoms with Gasteiger partial charge in [-0.25, -0.2) is 12.7 Å². The molecule has 0 bridgehead atoms. The van der Waals surface area contributed by atoms with Gasteiger partial charge in [-0.2, -0.15) is 0 Å². The zero-order chi connectivity index (χ0) is 30.4. The van der Waals surface area contributed by atoms with Crippen LogP contribution < -0.4 is 5.32 Å². The average Bonchev–Trinajstić information content (AvgIpc) is 3.15. The lowest BCUT2D eigenvalue weighted by Crippen LogP contribution is -2.51. The fourth-order valence-corrected chi connectivity index (χ4v) is 6.86. The summed E-state index contributed by atoms with van der Waals surface area (Å²) in [5.41, 5.74) is 1.60. The summed E-state index contributed by atoms with van der Waals surface area (Å²) in [6.07, 6.45) is 0.244. The van der Waals surface area contributed by atoms with Crippen LogP contribution in [-0.4, -0.2) is 54.5 Å². The van der Waals surface area contributed by atoms with E-state index >= 15 is 0 Å². The lowest BCUT2D eigenvalue weighted by Gasteiger charge is -2.32. The Morgan fingerprint density at radius 3 is 2.33 bits per heavy atom. The smallest absolute Gasteiger partial charge is 0.269 e. The first-order chi connectivity index (χ1) is 20.0.